The van der Waals surface area contributed by atoms with Crippen LogP contribution in [-0.2, 0) is 16.0 Å². The first-order valence-electron chi connectivity index (χ1n) is 6.08. The molecule has 0 amide bonds. The summed E-state index contributed by atoms with van der Waals surface area (Å²) in [5.41, 5.74) is 0.667. The van der Waals surface area contributed by atoms with E-state index in [2.05, 4.69) is 0 Å². The smallest absolute Gasteiger partial charge is 0.310 e. The number of ether oxygens (including phenoxy) is 3. The summed E-state index contributed by atoms with van der Waals surface area (Å²) in [7, 11) is 0. The number of carbonyl (C=O) groups excluding carboxylic acids is 1. The van der Waals surface area contributed by atoms with Crippen molar-refractivity contribution in [3.8, 4) is 11.5 Å². The highest BCUT2D eigenvalue weighted by atomic mass is 16.5. The number of esters is 1. The Morgan fingerprint density at radius 1 is 1.32 bits per heavy atom. The summed E-state index contributed by atoms with van der Waals surface area (Å²) in [6.45, 7) is 4.50. The van der Waals surface area contributed by atoms with E-state index in [-0.39, 0.29) is 12.4 Å². The van der Waals surface area contributed by atoms with Crippen molar-refractivity contribution in [3.63, 3.8) is 0 Å². The van der Waals surface area contributed by atoms with Gasteiger partial charge in [0.05, 0.1) is 19.6 Å². The molecule has 0 radical (unpaired) electrons. The molecule has 1 aromatic carbocycles. The summed E-state index contributed by atoms with van der Waals surface area (Å²) in [5, 5.41) is 8.63. The number of aliphatic hydroxyl groups is 1. The second kappa shape index (κ2) is 8.02. The molecule has 0 saturated heterocycles. The van der Waals surface area contributed by atoms with Crippen LogP contribution in [-0.4, -0.2) is 24.3 Å². The van der Waals surface area contributed by atoms with Crippen LogP contribution in [0.1, 0.15) is 19.4 Å². The maximum Gasteiger partial charge on any atom is 0.310 e. The van der Waals surface area contributed by atoms with Crippen LogP contribution in [0.5, 0.6) is 11.5 Å². The van der Waals surface area contributed by atoms with Gasteiger partial charge in [-0.25, -0.2) is 0 Å². The lowest BCUT2D eigenvalue weighted by molar-refractivity contribution is -0.142. The average molecular weight is 266 g/mol. The number of hydrogen-bond donors (Lipinski definition) is 1. The third-order valence-electron chi connectivity index (χ3n) is 2.25. The Labute approximate surface area is 112 Å². The molecule has 19 heavy (non-hydrogen) atoms. The molecule has 1 aromatic rings. The van der Waals surface area contributed by atoms with Crippen LogP contribution in [0.25, 0.3) is 0 Å². The van der Waals surface area contributed by atoms with Crippen molar-refractivity contribution in [2.24, 2.45) is 0 Å². The van der Waals surface area contributed by atoms with Gasteiger partial charge in [-0.2, -0.15) is 0 Å². The van der Waals surface area contributed by atoms with Gasteiger partial charge in [-0.3, -0.25) is 4.79 Å². The van der Waals surface area contributed by atoms with Crippen LogP contribution in [0, 0.1) is 0 Å². The third-order valence-corrected chi connectivity index (χ3v) is 2.25. The van der Waals surface area contributed by atoms with E-state index in [0.717, 1.165) is 12.5 Å². The predicted molar refractivity (Wildman–Crippen MR) is 70.3 cm³/mol. The van der Waals surface area contributed by atoms with E-state index in [1.54, 1.807) is 25.1 Å². The summed E-state index contributed by atoms with van der Waals surface area (Å²) in [6.07, 6.45) is 2.01. The van der Waals surface area contributed by atoms with Crippen LogP contribution in [0.2, 0.25) is 0 Å². The van der Waals surface area contributed by atoms with E-state index < -0.39 is 0 Å². The summed E-state index contributed by atoms with van der Waals surface area (Å²) in [5.74, 6) is 0.755. The fourth-order valence-corrected chi connectivity index (χ4v) is 1.52. The van der Waals surface area contributed by atoms with Crippen molar-refractivity contribution in [2.75, 3.05) is 13.2 Å². The molecule has 5 heteroatoms. The third kappa shape index (κ3) is 4.91. The van der Waals surface area contributed by atoms with Crippen LogP contribution < -0.4 is 9.47 Å². The molecule has 0 aliphatic rings. The molecular weight excluding hydrogens is 248 g/mol. The highest BCUT2D eigenvalue weighted by Gasteiger charge is 2.11. The van der Waals surface area contributed by atoms with E-state index in [1.807, 2.05) is 6.92 Å². The monoisotopic (exact) mass is 266 g/mol. The molecule has 0 aliphatic heterocycles. The van der Waals surface area contributed by atoms with Crippen LogP contribution in [0.3, 0.4) is 0 Å². The topological polar surface area (TPSA) is 65.0 Å². The van der Waals surface area contributed by atoms with E-state index in [9.17, 15) is 4.79 Å². The minimum Gasteiger partial charge on any atom is -0.512 e. The van der Waals surface area contributed by atoms with Gasteiger partial charge in [0, 0.05) is 11.6 Å². The zero-order chi connectivity index (χ0) is 14.1. The lowest BCUT2D eigenvalue weighted by Crippen LogP contribution is -2.08. The Bertz CT molecular complexity index is 439. The van der Waals surface area contributed by atoms with Gasteiger partial charge < -0.3 is 19.3 Å². The first-order chi connectivity index (χ1) is 9.21. The molecule has 1 rings (SSSR count). The van der Waals surface area contributed by atoms with Crippen molar-refractivity contribution in [3.05, 3.63) is 36.3 Å². The van der Waals surface area contributed by atoms with Gasteiger partial charge in [0.15, 0.2) is 0 Å². The predicted octanol–water partition coefficient (Wildman–Crippen LogP) is 2.60. The van der Waals surface area contributed by atoms with Crippen molar-refractivity contribution < 1.29 is 24.1 Å². The summed E-state index contributed by atoms with van der Waals surface area (Å²) < 4.78 is 15.5. The van der Waals surface area contributed by atoms with Gasteiger partial charge in [-0.1, -0.05) is 6.07 Å². The Balaban J connectivity index is 2.90. The molecular formula is C14H18O5. The Morgan fingerprint density at radius 2 is 2.11 bits per heavy atom. The molecule has 5 nitrogen and oxygen atoms in total. The summed E-state index contributed by atoms with van der Waals surface area (Å²) in [6, 6.07) is 5.16. The quantitative estimate of drug-likeness (QED) is 0.607. The maximum absolute atomic E-state index is 11.5. The number of benzene rings is 1. The molecule has 0 saturated carbocycles. The van der Waals surface area contributed by atoms with E-state index >= 15 is 0 Å². The van der Waals surface area contributed by atoms with Crippen molar-refractivity contribution >= 4 is 5.97 Å². The van der Waals surface area contributed by atoms with Gasteiger partial charge in [-0.05, 0) is 19.9 Å². The molecule has 1 N–H and O–H groups in total. The first kappa shape index (κ1) is 14.9. The zero-order valence-corrected chi connectivity index (χ0v) is 11.1. The maximum atomic E-state index is 11.5. The zero-order valence-electron chi connectivity index (χ0n) is 11.1. The van der Waals surface area contributed by atoms with Gasteiger partial charge in [0.1, 0.15) is 24.0 Å². The lowest BCUT2D eigenvalue weighted by Gasteiger charge is -2.10. The van der Waals surface area contributed by atoms with Crippen LogP contribution in [0.15, 0.2) is 30.7 Å². The van der Waals surface area contributed by atoms with Gasteiger partial charge in [0.25, 0.3) is 0 Å². The first-order valence-corrected chi connectivity index (χ1v) is 6.08. The normalized spacial score (nSPS) is 10.4. The number of rotatable bonds is 7. The number of carbonyl (C=O) groups is 1. The SMILES string of the molecule is CCOC(=O)Cc1ccc(OCC)cc1OC=CO. The molecule has 0 bridgehead atoms. The fraction of sp³-hybridized carbons (Fsp3) is 0.357. The molecule has 0 unspecified atom stereocenters. The Hall–Kier alpha value is -2.17. The molecule has 104 valence electrons. The molecule has 0 aliphatic carbocycles. The largest absolute Gasteiger partial charge is 0.512 e. The molecule has 0 spiro atoms. The summed E-state index contributed by atoms with van der Waals surface area (Å²) >= 11 is 0. The van der Waals surface area contributed by atoms with Gasteiger partial charge in [0.2, 0.25) is 0 Å². The Morgan fingerprint density at radius 3 is 2.74 bits per heavy atom. The second-order valence-electron chi connectivity index (χ2n) is 3.59. The van der Waals surface area contributed by atoms with Crippen molar-refractivity contribution in [1.82, 2.24) is 0 Å². The standard InChI is InChI=1S/C14H18O5/c1-3-17-12-6-5-11(9-14(16)18-4-2)13(10-12)19-8-7-15/h5-8,10,15H,3-4,9H2,1-2H3. The van der Waals surface area contributed by atoms with Crippen molar-refractivity contribution in [1.29, 1.82) is 0 Å². The number of aliphatic hydroxyl groups excluding tert-OH is 1. The average Bonchev–Trinajstić information content (AvgIpc) is 2.39. The highest BCUT2D eigenvalue weighted by molar-refractivity contribution is 5.73. The van der Waals surface area contributed by atoms with Crippen molar-refractivity contribution in [2.45, 2.75) is 20.3 Å². The molecule has 0 atom stereocenters. The molecule has 0 fully saturated rings. The van der Waals surface area contributed by atoms with Crippen LogP contribution in [0.4, 0.5) is 0 Å². The highest BCUT2D eigenvalue weighted by Crippen LogP contribution is 2.26. The summed E-state index contributed by atoms with van der Waals surface area (Å²) in [4.78, 5) is 11.5. The minimum absolute atomic E-state index is 0.106. The second-order valence-corrected chi connectivity index (χ2v) is 3.59. The van der Waals surface area contributed by atoms with Gasteiger partial charge in [-0.15, -0.1) is 0 Å². The minimum atomic E-state index is -0.329. The van der Waals surface area contributed by atoms with Crippen LogP contribution >= 0.6 is 0 Å². The lowest BCUT2D eigenvalue weighted by atomic mass is 10.1. The van der Waals surface area contributed by atoms with E-state index in [1.165, 1.54) is 0 Å². The molecule has 0 aromatic heterocycles. The van der Waals surface area contributed by atoms with Gasteiger partial charge >= 0.3 is 5.97 Å². The Kier molecular flexibility index (Phi) is 6.29. The fourth-order valence-electron chi connectivity index (χ4n) is 1.52. The van der Waals surface area contributed by atoms with E-state index in [4.69, 9.17) is 19.3 Å². The van der Waals surface area contributed by atoms with E-state index in [0.29, 0.717) is 30.3 Å². The number of hydrogen-bond acceptors (Lipinski definition) is 5. The molecule has 0 heterocycles.